The van der Waals surface area contributed by atoms with Crippen LogP contribution in [0.1, 0.15) is 34.1 Å². The monoisotopic (exact) mass is 487 g/mol. The molecule has 2 aromatic heterocycles. The lowest BCUT2D eigenvalue weighted by molar-refractivity contribution is -0.126. The summed E-state index contributed by atoms with van der Waals surface area (Å²) in [4.78, 5) is 29.4. The number of amides is 2. The van der Waals surface area contributed by atoms with Gasteiger partial charge in [-0.25, -0.2) is 0 Å². The summed E-state index contributed by atoms with van der Waals surface area (Å²) in [6, 6.07) is 20.6. The van der Waals surface area contributed by atoms with Crippen molar-refractivity contribution in [1.29, 1.82) is 0 Å². The van der Waals surface area contributed by atoms with Gasteiger partial charge in [0.05, 0.1) is 18.5 Å². The third-order valence-electron chi connectivity index (χ3n) is 6.46. The van der Waals surface area contributed by atoms with Gasteiger partial charge in [0.25, 0.3) is 5.91 Å². The summed E-state index contributed by atoms with van der Waals surface area (Å²) in [5, 5.41) is 3.68. The number of hydrogen-bond donors (Lipinski definition) is 1. The molecule has 4 aromatic rings. The van der Waals surface area contributed by atoms with Gasteiger partial charge in [-0.05, 0) is 86.0 Å². The molecule has 1 aliphatic rings. The topological polar surface area (TPSA) is 67.5 Å². The normalized spacial score (nSPS) is 17.4. The summed E-state index contributed by atoms with van der Waals surface area (Å²) < 4.78 is 7.49. The van der Waals surface area contributed by atoms with E-state index in [0.717, 1.165) is 22.4 Å². The molecule has 1 atom stereocenters. The van der Waals surface area contributed by atoms with Crippen molar-refractivity contribution in [2.24, 2.45) is 0 Å². The van der Waals surface area contributed by atoms with Crippen LogP contribution in [0.5, 0.6) is 0 Å². The van der Waals surface area contributed by atoms with Crippen LogP contribution in [0.25, 0.3) is 11.5 Å². The van der Waals surface area contributed by atoms with E-state index >= 15 is 0 Å². The Hall–Kier alpha value is -3.77. The van der Waals surface area contributed by atoms with Crippen molar-refractivity contribution in [3.63, 3.8) is 0 Å². The average molecular weight is 488 g/mol. The predicted octanol–water partition coefficient (Wildman–Crippen LogP) is 5.75. The molecular weight excluding hydrogens is 462 g/mol. The number of rotatable bonds is 5. The molecule has 0 radical (unpaired) electrons. The maximum absolute atomic E-state index is 13.9. The van der Waals surface area contributed by atoms with Crippen molar-refractivity contribution in [1.82, 2.24) is 9.88 Å². The minimum Gasteiger partial charge on any atom is -0.463 e. The molecule has 2 amide bonds. The van der Waals surface area contributed by atoms with Crippen LogP contribution in [0.2, 0.25) is 5.02 Å². The molecule has 35 heavy (non-hydrogen) atoms. The summed E-state index contributed by atoms with van der Waals surface area (Å²) >= 11 is 6.00. The van der Waals surface area contributed by atoms with Gasteiger partial charge in [0.15, 0.2) is 0 Å². The highest BCUT2D eigenvalue weighted by molar-refractivity contribution is 6.30. The van der Waals surface area contributed by atoms with Crippen molar-refractivity contribution in [2.45, 2.75) is 39.4 Å². The zero-order chi connectivity index (χ0) is 24.7. The number of carbonyl (C=O) groups is 2. The first kappa shape index (κ1) is 23.0. The third-order valence-corrected chi connectivity index (χ3v) is 6.71. The number of anilines is 1. The van der Waals surface area contributed by atoms with Gasteiger partial charge < -0.3 is 14.3 Å². The Bertz CT molecular complexity index is 1390. The Labute approximate surface area is 209 Å². The van der Waals surface area contributed by atoms with Crippen LogP contribution >= 0.6 is 11.6 Å². The molecule has 1 aliphatic heterocycles. The fourth-order valence-electron chi connectivity index (χ4n) is 4.81. The molecule has 0 saturated heterocycles. The maximum Gasteiger partial charge on any atom is 0.275 e. The van der Waals surface area contributed by atoms with Gasteiger partial charge in [-0.15, -0.1) is 0 Å². The van der Waals surface area contributed by atoms with Gasteiger partial charge >= 0.3 is 0 Å². The van der Waals surface area contributed by atoms with Crippen LogP contribution in [0.15, 0.2) is 77.4 Å². The van der Waals surface area contributed by atoms with Crippen LogP contribution in [-0.4, -0.2) is 21.9 Å². The first-order valence-electron chi connectivity index (χ1n) is 11.5. The van der Waals surface area contributed by atoms with Gasteiger partial charge in [-0.1, -0.05) is 29.8 Å². The molecule has 178 valence electrons. The maximum atomic E-state index is 13.9. The quantitative estimate of drug-likeness (QED) is 0.389. The molecule has 0 spiro atoms. The molecule has 2 aromatic carbocycles. The number of nitrogens with one attached hydrogen (secondary N) is 1. The highest BCUT2D eigenvalue weighted by Gasteiger charge is 2.48. The van der Waals surface area contributed by atoms with Gasteiger partial charge in [-0.2, -0.15) is 0 Å². The van der Waals surface area contributed by atoms with Crippen molar-refractivity contribution in [2.75, 3.05) is 4.90 Å². The minimum absolute atomic E-state index is 0.233. The van der Waals surface area contributed by atoms with Crippen LogP contribution < -0.4 is 10.2 Å². The van der Waals surface area contributed by atoms with E-state index in [9.17, 15) is 9.59 Å². The number of furan rings is 1. The predicted molar refractivity (Wildman–Crippen MR) is 137 cm³/mol. The van der Waals surface area contributed by atoms with E-state index in [1.165, 1.54) is 0 Å². The van der Waals surface area contributed by atoms with Gasteiger partial charge in [-0.3, -0.25) is 14.5 Å². The van der Waals surface area contributed by atoms with Crippen LogP contribution in [0.3, 0.4) is 0 Å². The van der Waals surface area contributed by atoms with E-state index in [2.05, 4.69) is 5.32 Å². The van der Waals surface area contributed by atoms with Crippen LogP contribution in [0, 0.1) is 13.8 Å². The summed E-state index contributed by atoms with van der Waals surface area (Å²) in [5.74, 6) is 0.167. The Balaban J connectivity index is 1.57. The molecular formula is C28H26ClN3O3. The van der Waals surface area contributed by atoms with Crippen LogP contribution in [0.4, 0.5) is 5.69 Å². The number of aryl methyl sites for hydroxylation is 2. The lowest BCUT2D eigenvalue weighted by Gasteiger charge is -2.44. The van der Waals surface area contributed by atoms with E-state index in [1.807, 2.05) is 67.8 Å². The summed E-state index contributed by atoms with van der Waals surface area (Å²) in [6.07, 6.45) is 1.60. The van der Waals surface area contributed by atoms with E-state index < -0.39 is 5.54 Å². The largest absolute Gasteiger partial charge is 0.463 e. The molecule has 0 bridgehead atoms. The third kappa shape index (κ3) is 4.15. The fraction of sp³-hybridized carbons (Fsp3) is 0.214. The zero-order valence-electron chi connectivity index (χ0n) is 19.8. The number of benzene rings is 2. The summed E-state index contributed by atoms with van der Waals surface area (Å²) in [6.45, 7) is 6.39. The second-order valence-electron chi connectivity index (χ2n) is 9.24. The highest BCUT2D eigenvalue weighted by atomic mass is 35.5. The van der Waals surface area contributed by atoms with Gasteiger partial charge in [0.2, 0.25) is 5.91 Å². The second kappa shape index (κ2) is 8.78. The second-order valence-corrected chi connectivity index (χ2v) is 9.67. The SMILES string of the molecule is Cc1cc(C)cc(N2C(=O)c3ccc(-c4ccco4)n3CC2(C)C(=O)NCc2ccc(Cl)cc2)c1. The number of nitrogens with zero attached hydrogens (tertiary/aromatic N) is 2. The minimum atomic E-state index is -1.18. The smallest absolute Gasteiger partial charge is 0.275 e. The standard InChI is InChI=1S/C28H26ClN3O3/c1-18-13-19(2)15-22(14-18)32-26(33)24-11-10-23(25-5-4-12-35-25)31(24)17-28(32,3)27(34)30-16-20-6-8-21(29)9-7-20/h4-15H,16-17H2,1-3H3,(H,30,34). The van der Waals surface area contributed by atoms with Crippen molar-refractivity contribution in [3.8, 4) is 11.5 Å². The zero-order valence-corrected chi connectivity index (χ0v) is 20.6. The molecule has 0 aliphatic carbocycles. The molecule has 0 fully saturated rings. The number of carbonyl (C=O) groups excluding carboxylic acids is 2. The van der Waals surface area contributed by atoms with E-state index in [-0.39, 0.29) is 18.4 Å². The Morgan fingerprint density at radius 3 is 2.37 bits per heavy atom. The summed E-state index contributed by atoms with van der Waals surface area (Å²) in [5.41, 5.74) is 3.75. The molecule has 5 rings (SSSR count). The van der Waals surface area contributed by atoms with E-state index in [1.54, 1.807) is 35.4 Å². The van der Waals surface area contributed by atoms with Crippen LogP contribution in [-0.2, 0) is 17.9 Å². The number of fused-ring (bicyclic) bond motifs is 1. The summed E-state index contributed by atoms with van der Waals surface area (Å²) in [7, 11) is 0. The average Bonchev–Trinajstić information content (AvgIpc) is 3.47. The number of halogens is 1. The van der Waals surface area contributed by atoms with Gasteiger partial charge in [0.1, 0.15) is 17.0 Å². The van der Waals surface area contributed by atoms with Gasteiger partial charge in [0, 0.05) is 17.3 Å². The van der Waals surface area contributed by atoms with E-state index in [4.69, 9.17) is 16.0 Å². The lowest BCUT2D eigenvalue weighted by atomic mass is 9.93. The Morgan fingerprint density at radius 2 is 1.71 bits per heavy atom. The fourth-order valence-corrected chi connectivity index (χ4v) is 4.94. The first-order chi connectivity index (χ1) is 16.8. The van der Waals surface area contributed by atoms with Crippen molar-refractivity contribution in [3.05, 3.63) is 100 Å². The van der Waals surface area contributed by atoms with Crippen molar-refractivity contribution >= 4 is 29.1 Å². The Kier molecular flexibility index (Phi) is 5.77. The number of hydrogen-bond acceptors (Lipinski definition) is 3. The molecule has 7 heteroatoms. The van der Waals surface area contributed by atoms with E-state index in [0.29, 0.717) is 28.7 Å². The molecule has 1 N–H and O–H groups in total. The molecule has 0 saturated carbocycles. The molecule has 3 heterocycles. The lowest BCUT2D eigenvalue weighted by Crippen LogP contribution is -2.64. The molecule has 6 nitrogen and oxygen atoms in total. The molecule has 1 unspecified atom stereocenters. The number of aromatic nitrogens is 1. The Morgan fingerprint density at radius 1 is 1.03 bits per heavy atom. The highest BCUT2D eigenvalue weighted by Crippen LogP contribution is 2.37. The van der Waals surface area contributed by atoms with Crippen molar-refractivity contribution < 1.29 is 14.0 Å². The first-order valence-corrected chi connectivity index (χ1v) is 11.8.